The summed E-state index contributed by atoms with van der Waals surface area (Å²) in [4.78, 5) is 19.3. The number of carbonyl (C=O) groups is 1. The third-order valence-corrected chi connectivity index (χ3v) is 5.54. The number of nitrogens with zero attached hydrogens (tertiary/aromatic N) is 4. The SMILES string of the molecule is O=C(CN1CC2CCC(C2)C1)Nc1cn[nH]c1-c1cc2[nH]ncc2cn1. The maximum atomic E-state index is 12.5. The average molecular weight is 351 g/mol. The molecule has 26 heavy (non-hydrogen) atoms. The standard InChI is InChI=1S/C18H21N7O/c26-17(10-25-8-11-1-2-12(3-11)9-25)22-16-7-21-24-18(16)15-4-14-13(5-19-15)6-20-23-14/h4-7,11-12H,1-3,8-10H2,(H,20,23)(H,21,24)(H,22,26). The van der Waals surface area contributed by atoms with Gasteiger partial charge in [0.25, 0.3) is 0 Å². The Morgan fingerprint density at radius 2 is 1.96 bits per heavy atom. The second kappa shape index (κ2) is 6.21. The van der Waals surface area contributed by atoms with E-state index in [1.54, 1.807) is 18.6 Å². The van der Waals surface area contributed by atoms with Gasteiger partial charge in [0.15, 0.2) is 0 Å². The quantitative estimate of drug-likeness (QED) is 0.667. The smallest absolute Gasteiger partial charge is 0.238 e. The van der Waals surface area contributed by atoms with Gasteiger partial charge in [-0.3, -0.25) is 24.9 Å². The van der Waals surface area contributed by atoms with Crippen molar-refractivity contribution in [3.8, 4) is 11.4 Å². The Bertz CT molecular complexity index is 934. The first-order chi connectivity index (χ1) is 12.7. The molecule has 3 N–H and O–H groups in total. The van der Waals surface area contributed by atoms with Gasteiger partial charge in [-0.1, -0.05) is 0 Å². The summed E-state index contributed by atoms with van der Waals surface area (Å²) in [6, 6.07) is 1.90. The predicted octanol–water partition coefficient (Wildman–Crippen LogP) is 2.02. The fourth-order valence-corrected chi connectivity index (χ4v) is 4.39. The number of hydrogen-bond acceptors (Lipinski definition) is 5. The summed E-state index contributed by atoms with van der Waals surface area (Å²) in [5.41, 5.74) is 2.96. The second-order valence-corrected chi connectivity index (χ2v) is 7.47. The van der Waals surface area contributed by atoms with Gasteiger partial charge in [0.05, 0.1) is 35.8 Å². The fraction of sp³-hybridized carbons (Fsp3) is 0.444. The molecule has 8 nitrogen and oxygen atoms in total. The molecule has 1 amide bonds. The fourth-order valence-electron chi connectivity index (χ4n) is 4.39. The van der Waals surface area contributed by atoms with Gasteiger partial charge >= 0.3 is 0 Å². The van der Waals surface area contributed by atoms with Crippen molar-refractivity contribution in [2.45, 2.75) is 19.3 Å². The molecule has 2 aliphatic rings. The van der Waals surface area contributed by atoms with Gasteiger partial charge in [0.1, 0.15) is 5.69 Å². The summed E-state index contributed by atoms with van der Waals surface area (Å²) in [5.74, 6) is 1.55. The van der Waals surface area contributed by atoms with Crippen molar-refractivity contribution in [3.63, 3.8) is 0 Å². The van der Waals surface area contributed by atoms with Crippen molar-refractivity contribution >= 4 is 22.5 Å². The van der Waals surface area contributed by atoms with Gasteiger partial charge in [0.2, 0.25) is 5.91 Å². The number of hydrogen-bond donors (Lipinski definition) is 3. The number of likely N-dealkylation sites (tertiary alicyclic amines) is 1. The summed E-state index contributed by atoms with van der Waals surface area (Å²) < 4.78 is 0. The Hall–Kier alpha value is -2.74. The number of H-pyrrole nitrogens is 2. The molecule has 3 aromatic heterocycles. The van der Waals surface area contributed by atoms with Gasteiger partial charge in [-0.2, -0.15) is 10.2 Å². The van der Waals surface area contributed by atoms with Gasteiger partial charge in [-0.05, 0) is 37.2 Å². The zero-order valence-corrected chi connectivity index (χ0v) is 14.4. The molecule has 0 spiro atoms. The zero-order chi connectivity index (χ0) is 17.5. The first-order valence-corrected chi connectivity index (χ1v) is 9.09. The Labute approximate surface area is 150 Å². The molecule has 2 unspecified atom stereocenters. The van der Waals surface area contributed by atoms with Crippen LogP contribution in [0.5, 0.6) is 0 Å². The Kier molecular flexibility index (Phi) is 3.70. The molecule has 1 aliphatic carbocycles. The topological polar surface area (TPSA) is 103 Å². The van der Waals surface area contributed by atoms with E-state index in [4.69, 9.17) is 0 Å². The van der Waals surface area contributed by atoms with Crippen LogP contribution in [-0.2, 0) is 4.79 Å². The lowest BCUT2D eigenvalue weighted by Gasteiger charge is -2.31. The van der Waals surface area contributed by atoms with Crippen LogP contribution in [0.25, 0.3) is 22.3 Å². The summed E-state index contributed by atoms with van der Waals surface area (Å²) in [6.45, 7) is 2.52. The first-order valence-electron chi connectivity index (χ1n) is 9.09. The van der Waals surface area contributed by atoms with Crippen molar-refractivity contribution in [1.82, 2.24) is 30.3 Å². The molecule has 2 bridgehead atoms. The number of amides is 1. The molecule has 4 heterocycles. The van der Waals surface area contributed by atoms with E-state index in [0.29, 0.717) is 23.6 Å². The van der Waals surface area contributed by atoms with E-state index in [9.17, 15) is 4.79 Å². The maximum Gasteiger partial charge on any atom is 0.238 e. The maximum absolute atomic E-state index is 12.5. The number of aromatic nitrogens is 5. The van der Waals surface area contributed by atoms with Crippen molar-refractivity contribution in [3.05, 3.63) is 24.7 Å². The number of carbonyl (C=O) groups excluding carboxylic acids is 1. The number of pyridine rings is 1. The molecular weight excluding hydrogens is 330 g/mol. The van der Waals surface area contributed by atoms with E-state index < -0.39 is 0 Å². The normalized spacial score (nSPS) is 22.8. The van der Waals surface area contributed by atoms with E-state index in [1.807, 2.05) is 6.07 Å². The molecule has 8 heteroatoms. The van der Waals surface area contributed by atoms with Gasteiger partial charge < -0.3 is 5.32 Å². The van der Waals surface area contributed by atoms with Crippen molar-refractivity contribution in [2.24, 2.45) is 11.8 Å². The molecule has 1 saturated carbocycles. The van der Waals surface area contributed by atoms with Crippen LogP contribution in [0.4, 0.5) is 5.69 Å². The number of aromatic amines is 2. The molecule has 3 aromatic rings. The van der Waals surface area contributed by atoms with Crippen molar-refractivity contribution in [2.75, 3.05) is 25.0 Å². The summed E-state index contributed by atoms with van der Waals surface area (Å²) in [7, 11) is 0. The van der Waals surface area contributed by atoms with Crippen LogP contribution in [0, 0.1) is 11.8 Å². The van der Waals surface area contributed by atoms with Crippen LogP contribution in [0.15, 0.2) is 24.7 Å². The zero-order valence-electron chi connectivity index (χ0n) is 14.4. The molecule has 1 aliphatic heterocycles. The van der Waals surface area contributed by atoms with E-state index in [0.717, 1.165) is 35.8 Å². The molecule has 0 radical (unpaired) electrons. The third-order valence-electron chi connectivity index (χ3n) is 5.54. The first kappa shape index (κ1) is 15.5. The van der Waals surface area contributed by atoms with Crippen LogP contribution >= 0.6 is 0 Å². The molecule has 134 valence electrons. The largest absolute Gasteiger partial charge is 0.322 e. The average Bonchev–Trinajstić information content (AvgIpc) is 3.34. The Morgan fingerprint density at radius 3 is 2.81 bits per heavy atom. The van der Waals surface area contributed by atoms with Gasteiger partial charge in [-0.15, -0.1) is 0 Å². The third kappa shape index (κ3) is 2.86. The predicted molar refractivity (Wildman–Crippen MR) is 97.4 cm³/mol. The van der Waals surface area contributed by atoms with Crippen LogP contribution in [0.3, 0.4) is 0 Å². The van der Waals surface area contributed by atoms with E-state index in [2.05, 4.69) is 35.6 Å². The highest BCUT2D eigenvalue weighted by Gasteiger charge is 2.33. The summed E-state index contributed by atoms with van der Waals surface area (Å²) >= 11 is 0. The molecule has 5 rings (SSSR count). The Balaban J connectivity index is 1.30. The second-order valence-electron chi connectivity index (χ2n) is 7.47. The number of rotatable bonds is 4. The summed E-state index contributed by atoms with van der Waals surface area (Å²) in [6.07, 6.45) is 9.09. The minimum atomic E-state index is -0.00318. The van der Waals surface area contributed by atoms with Crippen molar-refractivity contribution < 1.29 is 4.79 Å². The molecular formula is C18H21N7O. The van der Waals surface area contributed by atoms with Crippen LogP contribution in [-0.4, -0.2) is 55.8 Å². The highest BCUT2D eigenvalue weighted by Crippen LogP contribution is 2.36. The Morgan fingerprint density at radius 1 is 1.15 bits per heavy atom. The van der Waals surface area contributed by atoms with E-state index >= 15 is 0 Å². The highest BCUT2D eigenvalue weighted by molar-refractivity contribution is 5.96. The molecule has 0 aromatic carbocycles. The lowest BCUT2D eigenvalue weighted by Crippen LogP contribution is -2.41. The van der Waals surface area contributed by atoms with Gasteiger partial charge in [0, 0.05) is 24.7 Å². The number of anilines is 1. The number of fused-ring (bicyclic) bond motifs is 3. The van der Waals surface area contributed by atoms with Crippen LogP contribution in [0.1, 0.15) is 19.3 Å². The summed E-state index contributed by atoms with van der Waals surface area (Å²) in [5, 5.41) is 17.9. The van der Waals surface area contributed by atoms with Gasteiger partial charge in [-0.25, -0.2) is 0 Å². The molecule has 2 fully saturated rings. The minimum Gasteiger partial charge on any atom is -0.322 e. The van der Waals surface area contributed by atoms with Crippen molar-refractivity contribution in [1.29, 1.82) is 0 Å². The lowest BCUT2D eigenvalue weighted by atomic mass is 9.99. The number of nitrogens with one attached hydrogen (secondary N) is 3. The molecule has 1 saturated heterocycles. The number of piperidine rings is 1. The lowest BCUT2D eigenvalue weighted by molar-refractivity contribution is -0.117. The van der Waals surface area contributed by atoms with Crippen LogP contribution in [0.2, 0.25) is 0 Å². The van der Waals surface area contributed by atoms with Crippen LogP contribution < -0.4 is 5.32 Å². The van der Waals surface area contributed by atoms with E-state index in [1.165, 1.54) is 19.3 Å². The monoisotopic (exact) mass is 351 g/mol. The molecule has 2 atom stereocenters. The highest BCUT2D eigenvalue weighted by atomic mass is 16.2. The van der Waals surface area contributed by atoms with E-state index in [-0.39, 0.29) is 5.91 Å². The minimum absolute atomic E-state index is 0.00318.